The normalized spacial score (nSPS) is 14.1. The van der Waals surface area contributed by atoms with Crippen LogP contribution in [0.1, 0.15) is 20.8 Å². The first-order valence-corrected chi connectivity index (χ1v) is 7.01. The molecule has 64 valence electrons. The maximum absolute atomic E-state index is 9.38. The number of hydrogen-bond donors (Lipinski definition) is 1. The highest BCUT2D eigenvalue weighted by Gasteiger charge is 2.08. The molecule has 0 amide bonds. The van der Waals surface area contributed by atoms with Crippen molar-refractivity contribution >= 4 is 8.80 Å². The average molecular weight is 170 g/mol. The van der Waals surface area contributed by atoms with Gasteiger partial charge in [-0.3, -0.25) is 0 Å². The fraction of sp³-hybridized carbons (Fsp3) is 0.778. The molecular formula is C9H18OSi. The molecule has 0 heterocycles. The molecule has 0 aliphatic rings. The zero-order chi connectivity index (χ0) is 9.07. The van der Waals surface area contributed by atoms with Gasteiger partial charge < -0.3 is 5.11 Å². The Hall–Kier alpha value is -0.263. The van der Waals surface area contributed by atoms with E-state index in [1.807, 2.05) is 0 Å². The third-order valence-corrected chi connectivity index (χ3v) is 2.66. The molecule has 0 spiro atoms. The number of aliphatic hydroxyl groups is 1. The molecule has 1 N–H and O–H groups in total. The molecule has 2 heteroatoms. The lowest BCUT2D eigenvalue weighted by Crippen LogP contribution is -2.22. The Morgan fingerprint density at radius 1 is 1.27 bits per heavy atom. The van der Waals surface area contributed by atoms with Crippen molar-refractivity contribution in [3.63, 3.8) is 0 Å². The van der Waals surface area contributed by atoms with Crippen molar-refractivity contribution in [2.24, 2.45) is 5.41 Å². The molecule has 0 radical (unpaired) electrons. The highest BCUT2D eigenvalue weighted by atomic mass is 28.3. The van der Waals surface area contributed by atoms with Crippen LogP contribution in [-0.2, 0) is 0 Å². The largest absolute Gasteiger partial charge is 0.385 e. The topological polar surface area (TPSA) is 20.2 Å². The summed E-state index contributed by atoms with van der Waals surface area (Å²) < 4.78 is 0. The summed E-state index contributed by atoms with van der Waals surface area (Å²) in [5.41, 5.74) is -0.321. The lowest BCUT2D eigenvalue weighted by molar-refractivity contribution is 0.303. The van der Waals surface area contributed by atoms with Gasteiger partial charge in [0.25, 0.3) is 0 Å². The molecular weight excluding hydrogens is 152 g/mol. The van der Waals surface area contributed by atoms with Crippen LogP contribution in [0, 0.1) is 17.3 Å². The monoisotopic (exact) mass is 170 g/mol. The quantitative estimate of drug-likeness (QED) is 0.466. The Bertz CT molecular complexity index is 168. The highest BCUT2D eigenvalue weighted by molar-refractivity contribution is 6.58. The third-order valence-electron chi connectivity index (χ3n) is 1.23. The van der Waals surface area contributed by atoms with Crippen molar-refractivity contribution in [3.05, 3.63) is 0 Å². The minimum atomic E-state index is -0.972. The Balaban J connectivity index is 4.08. The van der Waals surface area contributed by atoms with Gasteiger partial charge in [0.2, 0.25) is 0 Å². The first-order valence-electron chi connectivity index (χ1n) is 4.03. The van der Waals surface area contributed by atoms with Crippen LogP contribution in [0.4, 0.5) is 0 Å². The summed E-state index contributed by atoms with van der Waals surface area (Å²) in [7, 11) is -0.972. The highest BCUT2D eigenvalue weighted by Crippen LogP contribution is 2.09. The van der Waals surface area contributed by atoms with Crippen molar-refractivity contribution in [1.82, 2.24) is 0 Å². The Morgan fingerprint density at radius 2 is 1.73 bits per heavy atom. The summed E-state index contributed by atoms with van der Waals surface area (Å²) in [6.45, 7) is 10.3. The summed E-state index contributed by atoms with van der Waals surface area (Å²) in [5, 5.41) is 9.38. The van der Waals surface area contributed by atoms with Crippen LogP contribution >= 0.6 is 0 Å². The van der Waals surface area contributed by atoms with Gasteiger partial charge in [0.1, 0.15) is 0 Å². The summed E-state index contributed by atoms with van der Waals surface area (Å²) in [4.78, 5) is 0. The average Bonchev–Trinajstić information content (AvgIpc) is 1.80. The number of rotatable bonds is 1. The summed E-state index contributed by atoms with van der Waals surface area (Å²) >= 11 is 0. The first kappa shape index (κ1) is 10.7. The SMILES string of the molecule is C[SiH](C)C(O)C#CC(C)(C)C. The maximum atomic E-state index is 9.38. The summed E-state index contributed by atoms with van der Waals surface area (Å²) in [5.74, 6) is 5.93. The first-order chi connectivity index (χ1) is 4.83. The molecule has 11 heavy (non-hydrogen) atoms. The van der Waals surface area contributed by atoms with E-state index < -0.39 is 8.80 Å². The van der Waals surface area contributed by atoms with E-state index in [0.29, 0.717) is 0 Å². The lowest BCUT2D eigenvalue weighted by atomic mass is 9.98. The van der Waals surface area contributed by atoms with E-state index in [2.05, 4.69) is 45.7 Å². The molecule has 0 aromatic rings. The van der Waals surface area contributed by atoms with Gasteiger partial charge in [0.15, 0.2) is 0 Å². The minimum Gasteiger partial charge on any atom is -0.385 e. The molecule has 0 aromatic heterocycles. The summed E-state index contributed by atoms with van der Waals surface area (Å²) in [6, 6.07) is 0. The van der Waals surface area contributed by atoms with E-state index in [1.165, 1.54) is 0 Å². The van der Waals surface area contributed by atoms with Gasteiger partial charge in [-0.15, -0.1) is 0 Å². The van der Waals surface area contributed by atoms with Gasteiger partial charge in [-0.05, 0) is 20.8 Å². The van der Waals surface area contributed by atoms with E-state index in [0.717, 1.165) is 0 Å². The fourth-order valence-electron chi connectivity index (χ4n) is 0.457. The molecule has 0 aromatic carbocycles. The van der Waals surface area contributed by atoms with Crippen LogP contribution in [0.25, 0.3) is 0 Å². The molecule has 0 aliphatic heterocycles. The van der Waals surface area contributed by atoms with Crippen LogP contribution in [-0.4, -0.2) is 19.6 Å². The van der Waals surface area contributed by atoms with Gasteiger partial charge in [0, 0.05) is 5.41 Å². The smallest absolute Gasteiger partial charge is 0.0988 e. The Labute approximate surface area is 71.4 Å². The molecule has 0 fully saturated rings. The second-order valence-corrected chi connectivity index (χ2v) is 7.33. The van der Waals surface area contributed by atoms with Crippen molar-refractivity contribution in [1.29, 1.82) is 0 Å². The maximum Gasteiger partial charge on any atom is 0.0988 e. The predicted molar refractivity (Wildman–Crippen MR) is 52.1 cm³/mol. The number of hydrogen-bond acceptors (Lipinski definition) is 1. The van der Waals surface area contributed by atoms with Crippen LogP contribution in [0.15, 0.2) is 0 Å². The van der Waals surface area contributed by atoms with Gasteiger partial charge in [-0.25, -0.2) is 0 Å². The zero-order valence-corrected chi connectivity index (χ0v) is 9.26. The van der Waals surface area contributed by atoms with E-state index in [-0.39, 0.29) is 11.1 Å². The van der Waals surface area contributed by atoms with E-state index >= 15 is 0 Å². The van der Waals surface area contributed by atoms with Crippen molar-refractivity contribution in [3.8, 4) is 11.8 Å². The molecule has 0 bridgehead atoms. The lowest BCUT2D eigenvalue weighted by Gasteiger charge is -2.09. The molecule has 0 aliphatic carbocycles. The standard InChI is InChI=1S/C9H18OSi/c1-9(2,3)7-6-8(10)11(4)5/h8,10-11H,1-5H3. The van der Waals surface area contributed by atoms with Gasteiger partial charge in [-0.1, -0.05) is 24.9 Å². The molecule has 1 unspecified atom stereocenters. The van der Waals surface area contributed by atoms with Crippen molar-refractivity contribution in [2.75, 3.05) is 0 Å². The van der Waals surface area contributed by atoms with Gasteiger partial charge in [-0.2, -0.15) is 0 Å². The van der Waals surface area contributed by atoms with Gasteiger partial charge in [0.05, 0.1) is 14.5 Å². The van der Waals surface area contributed by atoms with E-state index in [9.17, 15) is 5.11 Å². The van der Waals surface area contributed by atoms with Crippen LogP contribution < -0.4 is 0 Å². The van der Waals surface area contributed by atoms with Crippen molar-refractivity contribution in [2.45, 2.75) is 39.6 Å². The van der Waals surface area contributed by atoms with Crippen molar-refractivity contribution < 1.29 is 5.11 Å². The molecule has 1 atom stereocenters. The van der Waals surface area contributed by atoms with Crippen LogP contribution in [0.5, 0.6) is 0 Å². The second-order valence-electron chi connectivity index (χ2n) is 4.21. The van der Waals surface area contributed by atoms with Crippen LogP contribution in [0.3, 0.4) is 0 Å². The van der Waals surface area contributed by atoms with Crippen LogP contribution in [0.2, 0.25) is 13.1 Å². The Kier molecular flexibility index (Phi) is 3.84. The number of aliphatic hydroxyl groups excluding tert-OH is 1. The molecule has 0 saturated carbocycles. The third kappa shape index (κ3) is 6.15. The van der Waals surface area contributed by atoms with E-state index in [4.69, 9.17) is 0 Å². The minimum absolute atomic E-state index is 0.0181. The molecule has 0 saturated heterocycles. The second kappa shape index (κ2) is 3.94. The van der Waals surface area contributed by atoms with Gasteiger partial charge >= 0.3 is 0 Å². The fourth-order valence-corrected chi connectivity index (χ4v) is 0.874. The molecule has 1 nitrogen and oxygen atoms in total. The predicted octanol–water partition coefficient (Wildman–Crippen LogP) is 1.42. The summed E-state index contributed by atoms with van der Waals surface area (Å²) in [6.07, 6.45) is 0. The van der Waals surface area contributed by atoms with E-state index in [1.54, 1.807) is 0 Å². The Morgan fingerprint density at radius 3 is 2.00 bits per heavy atom. The zero-order valence-electron chi connectivity index (χ0n) is 8.10. The molecule has 0 rings (SSSR count).